The standard InChI is InChI=1S/C15H18N4OS/c1-3-20-10-13-6-4-12(5-7-13)8-16-14-18-19-9-11(2)17-15(19)21-14/h4-7,9H,3,8,10H2,1-2H3,(H,16,18). The molecule has 0 spiro atoms. The fourth-order valence-corrected chi connectivity index (χ4v) is 2.85. The van der Waals surface area contributed by atoms with Crippen molar-refractivity contribution in [1.82, 2.24) is 14.6 Å². The van der Waals surface area contributed by atoms with Gasteiger partial charge in [-0.2, -0.15) is 0 Å². The lowest BCUT2D eigenvalue weighted by Crippen LogP contribution is -2.00. The highest BCUT2D eigenvalue weighted by Gasteiger charge is 2.05. The van der Waals surface area contributed by atoms with Gasteiger partial charge in [-0.3, -0.25) is 0 Å². The Morgan fingerprint density at radius 3 is 2.71 bits per heavy atom. The number of aromatic nitrogens is 3. The molecular weight excluding hydrogens is 284 g/mol. The molecule has 0 aliphatic carbocycles. The summed E-state index contributed by atoms with van der Waals surface area (Å²) in [7, 11) is 0. The molecule has 0 amide bonds. The molecule has 2 aromatic heterocycles. The molecule has 0 unspecified atom stereocenters. The second kappa shape index (κ2) is 6.24. The van der Waals surface area contributed by atoms with Crippen molar-refractivity contribution >= 4 is 21.4 Å². The molecular formula is C15H18N4OS. The molecule has 6 heteroatoms. The predicted octanol–water partition coefficient (Wildman–Crippen LogP) is 3.25. The second-order valence-electron chi connectivity index (χ2n) is 4.82. The first-order valence-corrected chi connectivity index (χ1v) is 7.78. The van der Waals surface area contributed by atoms with Crippen molar-refractivity contribution in [3.63, 3.8) is 0 Å². The van der Waals surface area contributed by atoms with E-state index in [1.165, 1.54) is 11.1 Å². The van der Waals surface area contributed by atoms with Gasteiger partial charge in [-0.25, -0.2) is 9.50 Å². The van der Waals surface area contributed by atoms with E-state index in [0.29, 0.717) is 6.61 Å². The van der Waals surface area contributed by atoms with E-state index in [4.69, 9.17) is 4.74 Å². The number of fused-ring (bicyclic) bond motifs is 1. The van der Waals surface area contributed by atoms with Crippen LogP contribution in [0.2, 0.25) is 0 Å². The van der Waals surface area contributed by atoms with Gasteiger partial charge in [-0.05, 0) is 25.0 Å². The number of nitrogens with one attached hydrogen (secondary N) is 1. The Hall–Kier alpha value is -1.92. The van der Waals surface area contributed by atoms with Crippen molar-refractivity contribution in [2.75, 3.05) is 11.9 Å². The Morgan fingerprint density at radius 2 is 2.00 bits per heavy atom. The lowest BCUT2D eigenvalue weighted by molar-refractivity contribution is 0.134. The quantitative estimate of drug-likeness (QED) is 0.759. The van der Waals surface area contributed by atoms with E-state index in [2.05, 4.69) is 39.7 Å². The Labute approximate surface area is 127 Å². The van der Waals surface area contributed by atoms with E-state index in [-0.39, 0.29) is 0 Å². The molecule has 1 N–H and O–H groups in total. The second-order valence-corrected chi connectivity index (χ2v) is 5.78. The molecule has 110 valence electrons. The summed E-state index contributed by atoms with van der Waals surface area (Å²) >= 11 is 1.56. The van der Waals surface area contributed by atoms with Gasteiger partial charge in [-0.1, -0.05) is 35.6 Å². The first-order chi connectivity index (χ1) is 10.2. The lowest BCUT2D eigenvalue weighted by atomic mass is 10.1. The number of imidazole rings is 1. The number of anilines is 1. The smallest absolute Gasteiger partial charge is 0.214 e. The van der Waals surface area contributed by atoms with Crippen molar-refractivity contribution in [3.8, 4) is 0 Å². The van der Waals surface area contributed by atoms with Crippen LogP contribution in [-0.4, -0.2) is 21.2 Å². The third-order valence-corrected chi connectivity index (χ3v) is 3.98. The van der Waals surface area contributed by atoms with Crippen molar-refractivity contribution < 1.29 is 4.74 Å². The van der Waals surface area contributed by atoms with Crippen LogP contribution in [0.1, 0.15) is 23.7 Å². The van der Waals surface area contributed by atoms with Crippen molar-refractivity contribution in [1.29, 1.82) is 0 Å². The molecule has 3 rings (SSSR count). The number of aryl methyl sites for hydroxylation is 1. The summed E-state index contributed by atoms with van der Waals surface area (Å²) in [5.74, 6) is 0. The zero-order valence-electron chi connectivity index (χ0n) is 12.2. The summed E-state index contributed by atoms with van der Waals surface area (Å²) in [6, 6.07) is 8.43. The molecule has 5 nitrogen and oxygen atoms in total. The summed E-state index contributed by atoms with van der Waals surface area (Å²) in [4.78, 5) is 5.31. The zero-order chi connectivity index (χ0) is 14.7. The van der Waals surface area contributed by atoms with Gasteiger partial charge < -0.3 is 10.1 Å². The summed E-state index contributed by atoms with van der Waals surface area (Å²) in [6.45, 7) is 6.15. The molecule has 0 fully saturated rings. The van der Waals surface area contributed by atoms with Crippen LogP contribution in [-0.2, 0) is 17.9 Å². The number of nitrogens with zero attached hydrogens (tertiary/aromatic N) is 3. The molecule has 0 bridgehead atoms. The minimum absolute atomic E-state index is 0.674. The summed E-state index contributed by atoms with van der Waals surface area (Å²) in [6.07, 6.45) is 1.93. The molecule has 0 atom stereocenters. The van der Waals surface area contributed by atoms with E-state index >= 15 is 0 Å². The Morgan fingerprint density at radius 1 is 1.24 bits per heavy atom. The molecule has 1 aromatic carbocycles. The van der Waals surface area contributed by atoms with Crippen LogP contribution >= 0.6 is 11.3 Å². The maximum atomic E-state index is 5.39. The highest BCUT2D eigenvalue weighted by atomic mass is 32.1. The van der Waals surface area contributed by atoms with Crippen LogP contribution in [0.4, 0.5) is 5.13 Å². The molecule has 0 radical (unpaired) electrons. The van der Waals surface area contributed by atoms with Crippen molar-refractivity contribution in [2.24, 2.45) is 0 Å². The van der Waals surface area contributed by atoms with Crippen LogP contribution in [0.3, 0.4) is 0 Å². The van der Waals surface area contributed by atoms with Crippen LogP contribution in [0.15, 0.2) is 30.5 Å². The highest BCUT2D eigenvalue weighted by molar-refractivity contribution is 7.20. The largest absolute Gasteiger partial charge is 0.377 e. The van der Waals surface area contributed by atoms with Crippen LogP contribution < -0.4 is 5.32 Å². The van der Waals surface area contributed by atoms with E-state index in [1.807, 2.05) is 24.6 Å². The third kappa shape index (κ3) is 3.40. The average molecular weight is 302 g/mol. The van der Waals surface area contributed by atoms with E-state index in [1.54, 1.807) is 11.3 Å². The Bertz CT molecular complexity index is 685. The number of ether oxygens (including phenoxy) is 1. The van der Waals surface area contributed by atoms with Gasteiger partial charge in [0.2, 0.25) is 10.1 Å². The molecule has 3 aromatic rings. The van der Waals surface area contributed by atoms with Gasteiger partial charge >= 0.3 is 0 Å². The van der Waals surface area contributed by atoms with Gasteiger partial charge in [0.15, 0.2) is 0 Å². The van der Waals surface area contributed by atoms with Gasteiger partial charge in [0, 0.05) is 13.2 Å². The Kier molecular flexibility index (Phi) is 4.17. The number of rotatable bonds is 6. The van der Waals surface area contributed by atoms with Gasteiger partial charge in [0.05, 0.1) is 18.5 Å². The SMILES string of the molecule is CCOCc1ccc(CNc2nn3cc(C)nc3s2)cc1. The highest BCUT2D eigenvalue weighted by Crippen LogP contribution is 2.19. The van der Waals surface area contributed by atoms with Crippen LogP contribution in [0, 0.1) is 6.92 Å². The summed E-state index contributed by atoms with van der Waals surface area (Å²) < 4.78 is 7.20. The molecule has 0 aliphatic rings. The number of benzene rings is 1. The van der Waals surface area contributed by atoms with E-state index in [0.717, 1.165) is 28.9 Å². The fourth-order valence-electron chi connectivity index (χ4n) is 2.03. The molecule has 2 heterocycles. The summed E-state index contributed by atoms with van der Waals surface area (Å²) in [5, 5.41) is 8.67. The molecule has 21 heavy (non-hydrogen) atoms. The molecule has 0 aliphatic heterocycles. The minimum Gasteiger partial charge on any atom is -0.377 e. The molecule has 0 saturated carbocycles. The van der Waals surface area contributed by atoms with Crippen LogP contribution in [0.5, 0.6) is 0 Å². The minimum atomic E-state index is 0.674. The van der Waals surface area contributed by atoms with Crippen molar-refractivity contribution in [3.05, 3.63) is 47.3 Å². The van der Waals surface area contributed by atoms with E-state index in [9.17, 15) is 0 Å². The first-order valence-electron chi connectivity index (χ1n) is 6.97. The van der Waals surface area contributed by atoms with E-state index < -0.39 is 0 Å². The zero-order valence-corrected chi connectivity index (χ0v) is 13.0. The number of hydrogen-bond acceptors (Lipinski definition) is 5. The fraction of sp³-hybridized carbons (Fsp3) is 0.333. The van der Waals surface area contributed by atoms with Gasteiger partial charge in [0.25, 0.3) is 0 Å². The lowest BCUT2D eigenvalue weighted by Gasteiger charge is -2.05. The maximum Gasteiger partial charge on any atom is 0.214 e. The third-order valence-electron chi connectivity index (χ3n) is 3.10. The summed E-state index contributed by atoms with van der Waals surface area (Å²) in [5.41, 5.74) is 3.41. The number of hydrogen-bond donors (Lipinski definition) is 1. The Balaban J connectivity index is 1.59. The monoisotopic (exact) mass is 302 g/mol. The molecule has 0 saturated heterocycles. The average Bonchev–Trinajstić information content (AvgIpc) is 3.01. The predicted molar refractivity (Wildman–Crippen MR) is 84.7 cm³/mol. The maximum absolute atomic E-state index is 5.39. The van der Waals surface area contributed by atoms with Gasteiger partial charge in [-0.15, -0.1) is 5.10 Å². The normalized spacial score (nSPS) is 11.1. The van der Waals surface area contributed by atoms with Crippen molar-refractivity contribution in [2.45, 2.75) is 27.0 Å². The topological polar surface area (TPSA) is 51.5 Å². The van der Waals surface area contributed by atoms with Gasteiger partial charge in [0.1, 0.15) is 0 Å². The first kappa shape index (κ1) is 14.0. The van der Waals surface area contributed by atoms with Crippen LogP contribution in [0.25, 0.3) is 4.96 Å².